The molecule has 19 heavy (non-hydrogen) atoms. The molecule has 0 amide bonds. The van der Waals surface area contributed by atoms with Crippen LogP contribution in [0.2, 0.25) is 0 Å². The van der Waals surface area contributed by atoms with Crippen LogP contribution in [-0.2, 0) is 20.1 Å². The van der Waals surface area contributed by atoms with Crippen LogP contribution in [0.3, 0.4) is 0 Å². The Kier molecular flexibility index (Phi) is 3.00. The van der Waals surface area contributed by atoms with Crippen molar-refractivity contribution in [2.24, 2.45) is 7.05 Å². The highest BCUT2D eigenvalue weighted by atomic mass is 16.5. The Hall–Kier alpha value is -2.21. The fourth-order valence-corrected chi connectivity index (χ4v) is 2.11. The molecule has 0 aliphatic rings. The van der Waals surface area contributed by atoms with Gasteiger partial charge in [-0.05, 0) is 18.6 Å². The molecule has 0 fully saturated rings. The van der Waals surface area contributed by atoms with E-state index >= 15 is 0 Å². The van der Waals surface area contributed by atoms with Gasteiger partial charge in [0, 0.05) is 31.2 Å². The first kappa shape index (κ1) is 11.9. The highest BCUT2D eigenvalue weighted by Crippen LogP contribution is 2.16. The lowest BCUT2D eigenvalue weighted by Crippen LogP contribution is -2.12. The lowest BCUT2D eigenvalue weighted by molar-refractivity contribution is 0.373. The zero-order valence-electron chi connectivity index (χ0n) is 10.9. The summed E-state index contributed by atoms with van der Waals surface area (Å²) in [4.78, 5) is 4.44. The van der Waals surface area contributed by atoms with Crippen LogP contribution in [0.4, 0.5) is 0 Å². The summed E-state index contributed by atoms with van der Waals surface area (Å²) in [7, 11) is 1.91. The Bertz CT molecular complexity index is 686. The van der Waals surface area contributed by atoms with Gasteiger partial charge in [0.15, 0.2) is 5.65 Å². The monoisotopic (exact) mass is 257 g/mol. The van der Waals surface area contributed by atoms with Crippen molar-refractivity contribution in [3.63, 3.8) is 0 Å². The molecular formula is C13H15N5O. The van der Waals surface area contributed by atoms with Crippen LogP contribution in [0.1, 0.15) is 17.0 Å². The predicted octanol–water partition coefficient (Wildman–Crippen LogP) is 1.55. The molecule has 0 aliphatic carbocycles. The fourth-order valence-electron chi connectivity index (χ4n) is 2.11. The first-order valence-corrected chi connectivity index (χ1v) is 6.12. The van der Waals surface area contributed by atoms with E-state index in [1.807, 2.05) is 26.2 Å². The Balaban J connectivity index is 1.73. The zero-order valence-corrected chi connectivity index (χ0v) is 10.9. The summed E-state index contributed by atoms with van der Waals surface area (Å²) in [6, 6.07) is 3.97. The van der Waals surface area contributed by atoms with Crippen LogP contribution in [0.15, 0.2) is 29.0 Å². The Labute approximate surface area is 110 Å². The summed E-state index contributed by atoms with van der Waals surface area (Å²) in [5, 5.41) is 12.4. The molecule has 0 aromatic carbocycles. The largest absolute Gasteiger partial charge is 0.360 e. The number of aryl methyl sites for hydroxylation is 2. The minimum Gasteiger partial charge on any atom is -0.360 e. The lowest BCUT2D eigenvalue weighted by atomic mass is 10.2. The third-order valence-corrected chi connectivity index (χ3v) is 3.04. The van der Waals surface area contributed by atoms with Crippen molar-refractivity contribution in [1.29, 1.82) is 0 Å². The summed E-state index contributed by atoms with van der Waals surface area (Å²) >= 11 is 0. The zero-order chi connectivity index (χ0) is 13.2. The normalized spacial score (nSPS) is 11.3. The quantitative estimate of drug-likeness (QED) is 0.768. The summed E-state index contributed by atoms with van der Waals surface area (Å²) in [6.45, 7) is 3.39. The molecule has 3 heterocycles. The van der Waals surface area contributed by atoms with E-state index in [2.05, 4.69) is 26.6 Å². The summed E-state index contributed by atoms with van der Waals surface area (Å²) < 4.78 is 6.82. The molecule has 0 bridgehead atoms. The molecule has 0 aliphatic heterocycles. The molecule has 3 rings (SSSR count). The van der Waals surface area contributed by atoms with Crippen LogP contribution in [0.5, 0.6) is 0 Å². The maximum atomic E-state index is 5.02. The van der Waals surface area contributed by atoms with Gasteiger partial charge >= 0.3 is 0 Å². The number of aromatic nitrogens is 4. The van der Waals surface area contributed by atoms with E-state index in [1.54, 1.807) is 10.9 Å². The van der Waals surface area contributed by atoms with E-state index in [9.17, 15) is 0 Å². The van der Waals surface area contributed by atoms with Gasteiger partial charge in [0.05, 0.1) is 18.4 Å². The van der Waals surface area contributed by atoms with Gasteiger partial charge in [-0.3, -0.25) is 4.68 Å². The SMILES string of the molecule is Cc1nn(C)c2ncc(CNCc3ccno3)cc12. The molecule has 0 spiro atoms. The van der Waals surface area contributed by atoms with Crippen LogP contribution in [-0.4, -0.2) is 19.9 Å². The minimum atomic E-state index is 0.657. The van der Waals surface area contributed by atoms with Crippen LogP contribution in [0, 0.1) is 6.92 Å². The average Bonchev–Trinajstić information content (AvgIpc) is 3.00. The van der Waals surface area contributed by atoms with Crippen LogP contribution < -0.4 is 5.32 Å². The number of fused-ring (bicyclic) bond motifs is 1. The van der Waals surface area contributed by atoms with Gasteiger partial charge in [0.2, 0.25) is 0 Å². The number of hydrogen-bond acceptors (Lipinski definition) is 5. The van der Waals surface area contributed by atoms with Crippen molar-refractivity contribution in [2.45, 2.75) is 20.0 Å². The van der Waals surface area contributed by atoms with Crippen molar-refractivity contribution in [1.82, 2.24) is 25.2 Å². The topological polar surface area (TPSA) is 68.8 Å². The van der Waals surface area contributed by atoms with Gasteiger partial charge in [0.25, 0.3) is 0 Å². The maximum absolute atomic E-state index is 5.02. The molecule has 0 unspecified atom stereocenters. The van der Waals surface area contributed by atoms with Gasteiger partial charge < -0.3 is 9.84 Å². The highest BCUT2D eigenvalue weighted by molar-refractivity contribution is 5.78. The molecule has 3 aromatic heterocycles. The van der Waals surface area contributed by atoms with Gasteiger partial charge in [-0.1, -0.05) is 5.16 Å². The third-order valence-electron chi connectivity index (χ3n) is 3.04. The fraction of sp³-hybridized carbons (Fsp3) is 0.308. The van der Waals surface area contributed by atoms with Gasteiger partial charge in [-0.25, -0.2) is 4.98 Å². The number of nitrogens with zero attached hydrogens (tertiary/aromatic N) is 4. The number of pyridine rings is 1. The predicted molar refractivity (Wildman–Crippen MR) is 70.3 cm³/mol. The smallest absolute Gasteiger partial charge is 0.157 e. The number of hydrogen-bond donors (Lipinski definition) is 1. The minimum absolute atomic E-state index is 0.657. The van der Waals surface area contributed by atoms with E-state index in [-0.39, 0.29) is 0 Å². The third kappa shape index (κ3) is 2.34. The molecule has 3 aromatic rings. The first-order valence-electron chi connectivity index (χ1n) is 6.12. The number of rotatable bonds is 4. The van der Waals surface area contributed by atoms with E-state index in [1.165, 1.54) is 0 Å². The highest BCUT2D eigenvalue weighted by Gasteiger charge is 2.06. The second kappa shape index (κ2) is 4.81. The molecular weight excluding hydrogens is 242 g/mol. The first-order chi connectivity index (χ1) is 9.24. The molecule has 0 saturated heterocycles. The Morgan fingerprint density at radius 2 is 2.26 bits per heavy atom. The molecule has 98 valence electrons. The standard InChI is InChI=1S/C13H15N5O/c1-9-12-5-10(7-15-13(12)18(2)17-9)6-14-8-11-3-4-16-19-11/h3-5,7,14H,6,8H2,1-2H3. The lowest BCUT2D eigenvalue weighted by Gasteiger charge is -2.03. The molecule has 6 nitrogen and oxygen atoms in total. The van der Waals surface area contributed by atoms with E-state index in [4.69, 9.17) is 4.52 Å². The van der Waals surface area contributed by atoms with Crippen molar-refractivity contribution in [3.05, 3.63) is 41.5 Å². The molecule has 6 heteroatoms. The van der Waals surface area contributed by atoms with Crippen molar-refractivity contribution in [3.8, 4) is 0 Å². The summed E-state index contributed by atoms with van der Waals surface area (Å²) in [5.74, 6) is 0.826. The van der Waals surface area contributed by atoms with Gasteiger partial charge in [-0.15, -0.1) is 0 Å². The molecule has 0 atom stereocenters. The van der Waals surface area contributed by atoms with E-state index < -0.39 is 0 Å². The molecule has 1 N–H and O–H groups in total. The van der Waals surface area contributed by atoms with Crippen LogP contribution in [0.25, 0.3) is 11.0 Å². The molecule has 0 saturated carbocycles. The van der Waals surface area contributed by atoms with E-state index in [0.29, 0.717) is 6.54 Å². The number of nitrogens with one attached hydrogen (secondary N) is 1. The average molecular weight is 257 g/mol. The van der Waals surface area contributed by atoms with E-state index in [0.717, 1.165) is 34.6 Å². The second-order valence-electron chi connectivity index (χ2n) is 4.51. The van der Waals surface area contributed by atoms with Crippen molar-refractivity contribution in [2.75, 3.05) is 0 Å². The molecule has 0 radical (unpaired) electrons. The second-order valence-corrected chi connectivity index (χ2v) is 4.51. The summed E-state index contributed by atoms with van der Waals surface area (Å²) in [5.41, 5.74) is 3.04. The summed E-state index contributed by atoms with van der Waals surface area (Å²) in [6.07, 6.45) is 3.51. The van der Waals surface area contributed by atoms with Gasteiger partial charge in [0.1, 0.15) is 5.76 Å². The Morgan fingerprint density at radius 1 is 1.37 bits per heavy atom. The van der Waals surface area contributed by atoms with Gasteiger partial charge in [-0.2, -0.15) is 5.10 Å². The van der Waals surface area contributed by atoms with Crippen LogP contribution >= 0.6 is 0 Å². The van der Waals surface area contributed by atoms with Crippen molar-refractivity contribution >= 4 is 11.0 Å². The van der Waals surface area contributed by atoms with Crippen molar-refractivity contribution < 1.29 is 4.52 Å². The Morgan fingerprint density at radius 3 is 3.05 bits per heavy atom. The maximum Gasteiger partial charge on any atom is 0.157 e.